The van der Waals surface area contributed by atoms with E-state index in [1.165, 1.54) is 36.4 Å². The third-order valence-electron chi connectivity index (χ3n) is 5.91. The lowest BCUT2D eigenvalue weighted by atomic mass is 10.0. The van der Waals surface area contributed by atoms with Crippen LogP contribution in [0.15, 0.2) is 51.7 Å². The Labute approximate surface area is 190 Å². The van der Waals surface area contributed by atoms with E-state index in [0.29, 0.717) is 34.5 Å². The Morgan fingerprint density at radius 2 is 1.94 bits per heavy atom. The molecule has 0 unspecified atom stereocenters. The van der Waals surface area contributed by atoms with Crippen molar-refractivity contribution in [1.29, 1.82) is 0 Å². The van der Waals surface area contributed by atoms with Gasteiger partial charge in [0.25, 0.3) is 5.91 Å². The first-order valence-corrected chi connectivity index (χ1v) is 11.1. The number of amides is 1. The van der Waals surface area contributed by atoms with E-state index in [1.54, 1.807) is 13.0 Å². The predicted molar refractivity (Wildman–Crippen MR) is 122 cm³/mol. The number of benzene rings is 2. The first kappa shape index (κ1) is 22.8. The molecule has 2 aromatic carbocycles. The molecule has 1 aliphatic rings. The van der Waals surface area contributed by atoms with Crippen molar-refractivity contribution in [2.45, 2.75) is 32.2 Å². The number of carbonyl (C=O) groups excluding carboxylic acids is 1. The molecule has 4 rings (SSSR count). The minimum atomic E-state index is -0.464. The molecule has 2 N–H and O–H groups in total. The molecule has 3 aromatic rings. The second-order valence-corrected chi connectivity index (χ2v) is 8.36. The molecule has 1 aliphatic heterocycles. The molecule has 8 heteroatoms. The maximum Gasteiger partial charge on any atom is 0.336 e. The highest BCUT2D eigenvalue weighted by Crippen LogP contribution is 2.31. The number of hydrogen-bond donors (Lipinski definition) is 2. The predicted octanol–water partition coefficient (Wildman–Crippen LogP) is 3.61. The number of piperidine rings is 1. The summed E-state index contributed by atoms with van der Waals surface area (Å²) in [5.41, 5.74) is 0.960. The number of phenolic OH excluding ortho intramolecular Hbond substituents is 1. The van der Waals surface area contributed by atoms with Gasteiger partial charge in [0, 0.05) is 49.4 Å². The number of rotatable bonds is 7. The van der Waals surface area contributed by atoms with Gasteiger partial charge in [-0.1, -0.05) is 0 Å². The van der Waals surface area contributed by atoms with Gasteiger partial charge in [0.2, 0.25) is 0 Å². The fourth-order valence-corrected chi connectivity index (χ4v) is 4.17. The summed E-state index contributed by atoms with van der Waals surface area (Å²) in [7, 11) is 0. The van der Waals surface area contributed by atoms with Gasteiger partial charge in [0.1, 0.15) is 22.9 Å². The lowest BCUT2D eigenvalue weighted by molar-refractivity contribution is 0.0909. The molecule has 0 atom stereocenters. The fraction of sp³-hybridized carbons (Fsp3) is 0.360. The van der Waals surface area contributed by atoms with Gasteiger partial charge >= 0.3 is 5.63 Å². The van der Waals surface area contributed by atoms with Crippen LogP contribution in [0, 0.1) is 12.7 Å². The molecular formula is C25H27FN2O5. The number of nitrogens with zero attached hydrogens (tertiary/aromatic N) is 1. The van der Waals surface area contributed by atoms with Crippen LogP contribution >= 0.6 is 0 Å². The van der Waals surface area contributed by atoms with Crippen LogP contribution in [0.4, 0.5) is 4.39 Å². The van der Waals surface area contributed by atoms with Crippen molar-refractivity contribution in [1.82, 2.24) is 10.2 Å². The number of fused-ring (bicyclic) bond motifs is 1. The van der Waals surface area contributed by atoms with E-state index in [0.717, 1.165) is 38.9 Å². The van der Waals surface area contributed by atoms with Gasteiger partial charge in [-0.25, -0.2) is 9.18 Å². The summed E-state index contributed by atoms with van der Waals surface area (Å²) in [4.78, 5) is 26.2. The second kappa shape index (κ2) is 10.0. The number of aromatic hydroxyl groups is 1. The molecule has 1 fully saturated rings. The largest absolute Gasteiger partial charge is 0.507 e. The topological polar surface area (TPSA) is 92.0 Å². The van der Waals surface area contributed by atoms with Crippen LogP contribution in [0.1, 0.15) is 35.2 Å². The van der Waals surface area contributed by atoms with E-state index in [-0.39, 0.29) is 23.5 Å². The summed E-state index contributed by atoms with van der Waals surface area (Å²) in [6, 6.07) is 10.2. The molecule has 33 heavy (non-hydrogen) atoms. The van der Waals surface area contributed by atoms with Gasteiger partial charge in [-0.2, -0.15) is 0 Å². The standard InChI is InChI=1S/C25H27FN2O5/c1-16-13-23(30)33-22-15-20(14-21(29)24(16)22)32-12-2-9-28-10-7-19(8-11-28)27-25(31)17-3-5-18(26)6-4-17/h3-6,13-15,19,29H,2,7-12H2,1H3,(H,27,31). The summed E-state index contributed by atoms with van der Waals surface area (Å²) in [5.74, 6) is -0.0565. The SMILES string of the molecule is Cc1cc(=O)oc2cc(OCCCN3CCC(NC(=O)c4ccc(F)cc4)CC3)cc(O)c12. The highest BCUT2D eigenvalue weighted by Gasteiger charge is 2.21. The molecule has 1 amide bonds. The van der Waals surface area contributed by atoms with Crippen LogP contribution in [-0.2, 0) is 0 Å². The Morgan fingerprint density at radius 1 is 1.21 bits per heavy atom. The monoisotopic (exact) mass is 454 g/mol. The number of likely N-dealkylation sites (tertiary alicyclic amines) is 1. The van der Waals surface area contributed by atoms with Crippen LogP contribution in [0.25, 0.3) is 11.0 Å². The minimum Gasteiger partial charge on any atom is -0.507 e. The van der Waals surface area contributed by atoms with E-state index in [2.05, 4.69) is 10.2 Å². The number of halogens is 1. The Hall–Kier alpha value is -3.39. The Kier molecular flexibility index (Phi) is 6.93. The Bertz CT molecular complexity index is 1180. The maximum atomic E-state index is 13.0. The number of nitrogens with one attached hydrogen (secondary N) is 1. The van der Waals surface area contributed by atoms with E-state index in [4.69, 9.17) is 9.15 Å². The fourth-order valence-electron chi connectivity index (χ4n) is 4.17. The number of aryl methyl sites for hydroxylation is 1. The lowest BCUT2D eigenvalue weighted by Gasteiger charge is -2.32. The van der Waals surface area contributed by atoms with Gasteiger partial charge in [-0.15, -0.1) is 0 Å². The highest BCUT2D eigenvalue weighted by molar-refractivity contribution is 5.94. The van der Waals surface area contributed by atoms with Crippen molar-refractivity contribution in [3.63, 3.8) is 0 Å². The molecule has 0 radical (unpaired) electrons. The molecular weight excluding hydrogens is 427 g/mol. The Morgan fingerprint density at radius 3 is 2.67 bits per heavy atom. The lowest BCUT2D eigenvalue weighted by Crippen LogP contribution is -2.45. The zero-order valence-electron chi connectivity index (χ0n) is 18.5. The molecule has 0 bridgehead atoms. The molecule has 0 saturated carbocycles. The molecule has 2 heterocycles. The Balaban J connectivity index is 1.20. The summed E-state index contributed by atoms with van der Waals surface area (Å²) >= 11 is 0. The average Bonchev–Trinajstić information content (AvgIpc) is 2.77. The van der Waals surface area contributed by atoms with Crippen molar-refractivity contribution in [2.24, 2.45) is 0 Å². The highest BCUT2D eigenvalue weighted by atomic mass is 19.1. The summed E-state index contributed by atoms with van der Waals surface area (Å²) in [5, 5.41) is 13.8. The first-order valence-electron chi connectivity index (χ1n) is 11.1. The number of ether oxygens (including phenoxy) is 1. The van der Waals surface area contributed by atoms with E-state index < -0.39 is 5.63 Å². The van der Waals surface area contributed by atoms with E-state index >= 15 is 0 Å². The minimum absolute atomic E-state index is 0.0218. The maximum absolute atomic E-state index is 13.0. The zero-order chi connectivity index (χ0) is 23.4. The van der Waals surface area contributed by atoms with Crippen molar-refractivity contribution in [2.75, 3.05) is 26.2 Å². The summed E-state index contributed by atoms with van der Waals surface area (Å²) in [6.45, 7) is 4.80. The van der Waals surface area contributed by atoms with Gasteiger partial charge in [-0.05, 0) is 56.0 Å². The summed E-state index contributed by atoms with van der Waals surface area (Å²) in [6.07, 6.45) is 2.50. The van der Waals surface area contributed by atoms with Gasteiger partial charge in [0.15, 0.2) is 0 Å². The van der Waals surface area contributed by atoms with Gasteiger partial charge in [-0.3, -0.25) is 4.79 Å². The molecule has 1 aromatic heterocycles. The average molecular weight is 454 g/mol. The number of hydrogen-bond acceptors (Lipinski definition) is 6. The van der Waals surface area contributed by atoms with Crippen molar-refractivity contribution < 1.29 is 23.4 Å². The van der Waals surface area contributed by atoms with Crippen molar-refractivity contribution in [3.05, 3.63) is 69.8 Å². The van der Waals surface area contributed by atoms with Crippen LogP contribution < -0.4 is 15.7 Å². The smallest absolute Gasteiger partial charge is 0.336 e. The van der Waals surface area contributed by atoms with E-state index in [1.807, 2.05) is 0 Å². The van der Waals surface area contributed by atoms with Gasteiger partial charge < -0.3 is 24.5 Å². The summed E-state index contributed by atoms with van der Waals surface area (Å²) < 4.78 is 24.0. The zero-order valence-corrected chi connectivity index (χ0v) is 18.5. The van der Waals surface area contributed by atoms with Crippen LogP contribution in [0.2, 0.25) is 0 Å². The second-order valence-electron chi connectivity index (χ2n) is 8.36. The van der Waals surface area contributed by atoms with Gasteiger partial charge in [0.05, 0.1) is 12.0 Å². The molecule has 1 saturated heterocycles. The van der Waals surface area contributed by atoms with Crippen LogP contribution in [0.3, 0.4) is 0 Å². The van der Waals surface area contributed by atoms with Crippen molar-refractivity contribution in [3.8, 4) is 11.5 Å². The van der Waals surface area contributed by atoms with Crippen LogP contribution in [-0.4, -0.2) is 48.2 Å². The number of carbonyl (C=O) groups is 1. The molecule has 0 spiro atoms. The molecule has 7 nitrogen and oxygen atoms in total. The van der Waals surface area contributed by atoms with Crippen molar-refractivity contribution >= 4 is 16.9 Å². The third kappa shape index (κ3) is 5.70. The third-order valence-corrected chi connectivity index (χ3v) is 5.91. The quantitative estimate of drug-likeness (QED) is 0.419. The van der Waals surface area contributed by atoms with E-state index in [9.17, 15) is 19.1 Å². The molecule has 174 valence electrons. The van der Waals surface area contributed by atoms with Crippen LogP contribution in [0.5, 0.6) is 11.5 Å². The number of phenols is 1. The normalized spacial score (nSPS) is 15.0. The molecule has 0 aliphatic carbocycles. The first-order chi connectivity index (χ1) is 15.9.